The average molecular weight is 210 g/mol. The minimum absolute atomic E-state index is 0.747. The van der Waals surface area contributed by atoms with Crippen molar-refractivity contribution in [3.63, 3.8) is 0 Å². The van der Waals surface area contributed by atoms with Gasteiger partial charge in [0.25, 0.3) is 0 Å². The second-order valence-corrected chi connectivity index (χ2v) is 5.48. The highest BCUT2D eigenvalue weighted by Crippen LogP contribution is 2.28. The number of hydrogen-bond acceptors (Lipinski definition) is 2. The second-order valence-electron chi connectivity index (χ2n) is 5.48. The van der Waals surface area contributed by atoms with Crippen LogP contribution < -0.4 is 5.32 Å². The van der Waals surface area contributed by atoms with E-state index < -0.39 is 0 Å². The summed E-state index contributed by atoms with van der Waals surface area (Å²) in [7, 11) is 4.45. The summed E-state index contributed by atoms with van der Waals surface area (Å²) in [5.74, 6) is 0.994. The lowest BCUT2D eigenvalue weighted by Gasteiger charge is -2.31. The van der Waals surface area contributed by atoms with Gasteiger partial charge >= 0.3 is 0 Å². The van der Waals surface area contributed by atoms with Gasteiger partial charge in [-0.25, -0.2) is 0 Å². The molecular formula is C13H26N2. The third-order valence-corrected chi connectivity index (χ3v) is 4.44. The third-order valence-electron chi connectivity index (χ3n) is 4.44. The summed E-state index contributed by atoms with van der Waals surface area (Å²) < 4.78 is 0. The van der Waals surface area contributed by atoms with E-state index in [1.807, 2.05) is 0 Å². The molecule has 0 aromatic carbocycles. The molecule has 0 spiro atoms. The first-order valence-corrected chi connectivity index (χ1v) is 6.68. The summed E-state index contributed by atoms with van der Waals surface area (Å²) in [5, 5.41) is 3.48. The molecule has 2 heteroatoms. The molecule has 0 aromatic rings. The van der Waals surface area contributed by atoms with Gasteiger partial charge in [-0.1, -0.05) is 19.3 Å². The highest BCUT2D eigenvalue weighted by Gasteiger charge is 2.30. The number of nitrogens with zero attached hydrogens (tertiary/aromatic N) is 1. The SMILES string of the molecule is CNC1CCCC1N(C)CC1CCCC1. The van der Waals surface area contributed by atoms with Crippen molar-refractivity contribution in [2.75, 3.05) is 20.6 Å². The Morgan fingerprint density at radius 2 is 1.80 bits per heavy atom. The van der Waals surface area contributed by atoms with Crippen molar-refractivity contribution < 1.29 is 0 Å². The van der Waals surface area contributed by atoms with Crippen LogP contribution in [0.2, 0.25) is 0 Å². The van der Waals surface area contributed by atoms with Crippen molar-refractivity contribution in [3.05, 3.63) is 0 Å². The molecule has 2 aliphatic carbocycles. The Bertz CT molecular complexity index is 187. The summed E-state index contributed by atoms with van der Waals surface area (Å²) in [6.07, 6.45) is 10.1. The van der Waals surface area contributed by atoms with E-state index in [0.29, 0.717) is 0 Å². The van der Waals surface area contributed by atoms with Crippen LogP contribution in [0, 0.1) is 5.92 Å². The molecule has 0 aromatic heterocycles. The second kappa shape index (κ2) is 5.31. The van der Waals surface area contributed by atoms with Crippen molar-refractivity contribution in [1.82, 2.24) is 10.2 Å². The topological polar surface area (TPSA) is 15.3 Å². The zero-order valence-electron chi connectivity index (χ0n) is 10.3. The summed E-state index contributed by atoms with van der Waals surface area (Å²) in [5.41, 5.74) is 0. The molecule has 0 radical (unpaired) electrons. The minimum atomic E-state index is 0.747. The largest absolute Gasteiger partial charge is 0.315 e. The van der Waals surface area contributed by atoms with Crippen LogP contribution in [0.5, 0.6) is 0 Å². The van der Waals surface area contributed by atoms with Gasteiger partial charge in [-0.15, -0.1) is 0 Å². The van der Waals surface area contributed by atoms with Crippen LogP contribution in [0.25, 0.3) is 0 Å². The van der Waals surface area contributed by atoms with E-state index >= 15 is 0 Å². The Balaban J connectivity index is 1.80. The fourth-order valence-electron chi connectivity index (χ4n) is 3.54. The Hall–Kier alpha value is -0.0800. The summed E-state index contributed by atoms with van der Waals surface area (Å²) in [6.45, 7) is 1.34. The monoisotopic (exact) mass is 210 g/mol. The first-order valence-electron chi connectivity index (χ1n) is 6.68. The first kappa shape index (κ1) is 11.4. The van der Waals surface area contributed by atoms with E-state index in [-0.39, 0.29) is 0 Å². The molecule has 2 unspecified atom stereocenters. The van der Waals surface area contributed by atoms with Gasteiger partial charge < -0.3 is 10.2 Å². The number of likely N-dealkylation sites (N-methyl/N-ethyl adjacent to an activating group) is 2. The molecular weight excluding hydrogens is 184 g/mol. The quantitative estimate of drug-likeness (QED) is 0.765. The van der Waals surface area contributed by atoms with Gasteiger partial charge in [0.15, 0.2) is 0 Å². The summed E-state index contributed by atoms with van der Waals surface area (Å²) in [4.78, 5) is 2.63. The lowest BCUT2D eigenvalue weighted by Crippen LogP contribution is -2.45. The average Bonchev–Trinajstić information content (AvgIpc) is 2.86. The summed E-state index contributed by atoms with van der Waals surface area (Å²) in [6, 6.07) is 1.55. The zero-order valence-corrected chi connectivity index (χ0v) is 10.3. The molecule has 0 saturated heterocycles. The Labute approximate surface area is 94.4 Å². The molecule has 0 heterocycles. The Morgan fingerprint density at radius 1 is 1.07 bits per heavy atom. The molecule has 0 aliphatic heterocycles. The van der Waals surface area contributed by atoms with Gasteiger partial charge in [-0.05, 0) is 45.7 Å². The molecule has 2 saturated carbocycles. The maximum absolute atomic E-state index is 3.48. The number of rotatable bonds is 4. The molecule has 2 nitrogen and oxygen atoms in total. The van der Waals surface area contributed by atoms with E-state index in [1.165, 1.54) is 51.5 Å². The van der Waals surface area contributed by atoms with Crippen LogP contribution in [0.1, 0.15) is 44.9 Å². The van der Waals surface area contributed by atoms with Gasteiger partial charge in [0.05, 0.1) is 0 Å². The standard InChI is InChI=1S/C13H26N2/c1-14-12-8-5-9-13(12)15(2)10-11-6-3-4-7-11/h11-14H,3-10H2,1-2H3. The molecule has 88 valence electrons. The number of nitrogens with one attached hydrogen (secondary N) is 1. The fourth-order valence-corrected chi connectivity index (χ4v) is 3.54. The van der Waals surface area contributed by atoms with Crippen LogP contribution in [0.4, 0.5) is 0 Å². The van der Waals surface area contributed by atoms with E-state index in [4.69, 9.17) is 0 Å². The molecule has 15 heavy (non-hydrogen) atoms. The van der Waals surface area contributed by atoms with Crippen LogP contribution in [0.3, 0.4) is 0 Å². The van der Waals surface area contributed by atoms with Crippen LogP contribution in [-0.2, 0) is 0 Å². The molecule has 0 amide bonds. The summed E-state index contributed by atoms with van der Waals surface area (Å²) >= 11 is 0. The molecule has 2 atom stereocenters. The zero-order chi connectivity index (χ0) is 10.7. The minimum Gasteiger partial charge on any atom is -0.315 e. The van der Waals surface area contributed by atoms with E-state index in [0.717, 1.165) is 18.0 Å². The van der Waals surface area contributed by atoms with Gasteiger partial charge in [0.2, 0.25) is 0 Å². The maximum Gasteiger partial charge on any atom is 0.0246 e. The van der Waals surface area contributed by atoms with Crippen molar-refractivity contribution in [2.45, 2.75) is 57.0 Å². The molecule has 0 bridgehead atoms. The normalized spacial score (nSPS) is 33.0. The fraction of sp³-hybridized carbons (Fsp3) is 1.00. The van der Waals surface area contributed by atoms with Crippen molar-refractivity contribution in [2.24, 2.45) is 5.92 Å². The highest BCUT2D eigenvalue weighted by molar-refractivity contribution is 4.89. The number of hydrogen-bond donors (Lipinski definition) is 1. The first-order chi connectivity index (χ1) is 7.31. The maximum atomic E-state index is 3.48. The van der Waals surface area contributed by atoms with Gasteiger partial charge in [-0.2, -0.15) is 0 Å². The van der Waals surface area contributed by atoms with Crippen molar-refractivity contribution in [3.8, 4) is 0 Å². The lowest BCUT2D eigenvalue weighted by molar-refractivity contribution is 0.186. The molecule has 2 fully saturated rings. The predicted molar refractivity (Wildman–Crippen MR) is 65.1 cm³/mol. The van der Waals surface area contributed by atoms with Crippen LogP contribution in [-0.4, -0.2) is 37.6 Å². The van der Waals surface area contributed by atoms with E-state index in [1.54, 1.807) is 0 Å². The Morgan fingerprint density at radius 3 is 2.47 bits per heavy atom. The van der Waals surface area contributed by atoms with Gasteiger partial charge in [-0.3, -0.25) is 0 Å². The van der Waals surface area contributed by atoms with E-state index in [9.17, 15) is 0 Å². The van der Waals surface area contributed by atoms with E-state index in [2.05, 4.69) is 24.3 Å². The van der Waals surface area contributed by atoms with Crippen LogP contribution >= 0.6 is 0 Å². The molecule has 2 aliphatic rings. The highest BCUT2D eigenvalue weighted by atomic mass is 15.2. The smallest absolute Gasteiger partial charge is 0.0246 e. The Kier molecular flexibility index (Phi) is 4.04. The predicted octanol–water partition coefficient (Wildman–Crippen LogP) is 2.25. The third kappa shape index (κ3) is 2.73. The molecule has 2 rings (SSSR count). The van der Waals surface area contributed by atoms with Crippen LogP contribution in [0.15, 0.2) is 0 Å². The van der Waals surface area contributed by atoms with Gasteiger partial charge in [0, 0.05) is 18.6 Å². The van der Waals surface area contributed by atoms with Crippen molar-refractivity contribution in [1.29, 1.82) is 0 Å². The van der Waals surface area contributed by atoms with Gasteiger partial charge in [0.1, 0.15) is 0 Å². The van der Waals surface area contributed by atoms with Crippen molar-refractivity contribution >= 4 is 0 Å². The lowest BCUT2D eigenvalue weighted by atomic mass is 10.1. The molecule has 1 N–H and O–H groups in total.